The maximum absolute atomic E-state index is 13.0. The zero-order valence-corrected chi connectivity index (χ0v) is 20.3. The molecular weight excluding hydrogens is 470 g/mol. The zero-order chi connectivity index (χ0) is 25.2. The second-order valence-electron chi connectivity index (χ2n) is 7.82. The van der Waals surface area contributed by atoms with Crippen LogP contribution < -0.4 is 14.2 Å². The van der Waals surface area contributed by atoms with E-state index in [2.05, 4.69) is 20.2 Å². The number of amides is 1. The normalized spacial score (nSPS) is 11.2. The van der Waals surface area contributed by atoms with Crippen LogP contribution in [0.5, 0.6) is 17.5 Å². The fraction of sp³-hybridized carbons (Fsp3) is 0.167. The highest BCUT2D eigenvalue weighted by Crippen LogP contribution is 2.31. The summed E-state index contributed by atoms with van der Waals surface area (Å²) in [4.78, 5) is 21.8. The molecular formula is C24H23N5O5S. The molecule has 1 amide bonds. The Bertz CT molecular complexity index is 1500. The van der Waals surface area contributed by atoms with Gasteiger partial charge < -0.3 is 9.47 Å². The van der Waals surface area contributed by atoms with Gasteiger partial charge in [0.2, 0.25) is 11.8 Å². The minimum atomic E-state index is -4.19. The van der Waals surface area contributed by atoms with Gasteiger partial charge in [-0.15, -0.1) is 0 Å². The number of H-pyrrole nitrogens is 1. The van der Waals surface area contributed by atoms with Crippen LogP contribution in [0.1, 0.15) is 27.0 Å². The van der Waals surface area contributed by atoms with E-state index in [-0.39, 0.29) is 16.5 Å². The Balaban J connectivity index is 1.76. The van der Waals surface area contributed by atoms with Crippen molar-refractivity contribution in [2.75, 3.05) is 7.11 Å². The summed E-state index contributed by atoms with van der Waals surface area (Å²) in [5.41, 5.74) is 3.76. The maximum Gasteiger partial charge on any atom is 0.283 e. The third-order valence-electron chi connectivity index (χ3n) is 5.14. The molecule has 1 aromatic carbocycles. The van der Waals surface area contributed by atoms with Gasteiger partial charge in [-0.1, -0.05) is 17.7 Å². The van der Waals surface area contributed by atoms with E-state index in [9.17, 15) is 13.2 Å². The van der Waals surface area contributed by atoms with Gasteiger partial charge in [-0.2, -0.15) is 13.5 Å². The number of aromatic amines is 1. The molecule has 4 rings (SSSR count). The Kier molecular flexibility index (Phi) is 6.52. The number of sulfonamides is 1. The number of aryl methyl sites for hydroxylation is 3. The molecule has 0 aliphatic rings. The number of hydrogen-bond donors (Lipinski definition) is 2. The van der Waals surface area contributed by atoms with Crippen molar-refractivity contribution < 1.29 is 22.7 Å². The minimum Gasteiger partial charge on any atom is -0.481 e. The van der Waals surface area contributed by atoms with Crippen LogP contribution in [-0.2, 0) is 10.0 Å². The zero-order valence-electron chi connectivity index (χ0n) is 19.5. The van der Waals surface area contributed by atoms with Crippen LogP contribution in [0.25, 0.3) is 11.3 Å². The van der Waals surface area contributed by atoms with E-state index >= 15 is 0 Å². The van der Waals surface area contributed by atoms with Gasteiger partial charge in [0.15, 0.2) is 5.03 Å². The van der Waals surface area contributed by atoms with E-state index in [0.29, 0.717) is 22.9 Å². The molecule has 35 heavy (non-hydrogen) atoms. The van der Waals surface area contributed by atoms with Crippen molar-refractivity contribution in [1.29, 1.82) is 0 Å². The summed E-state index contributed by atoms with van der Waals surface area (Å²) in [6, 6.07) is 11.7. The lowest BCUT2D eigenvalue weighted by atomic mass is 10.1. The average Bonchev–Trinajstić information content (AvgIpc) is 3.37. The Morgan fingerprint density at radius 3 is 2.46 bits per heavy atom. The number of methoxy groups -OCH3 is 1. The van der Waals surface area contributed by atoms with Crippen LogP contribution in [0.3, 0.4) is 0 Å². The van der Waals surface area contributed by atoms with E-state index in [4.69, 9.17) is 9.47 Å². The molecule has 2 N–H and O–H groups in total. The van der Waals surface area contributed by atoms with Crippen molar-refractivity contribution in [3.05, 3.63) is 77.1 Å². The molecule has 11 heteroatoms. The first-order valence-electron chi connectivity index (χ1n) is 10.5. The molecule has 0 bridgehead atoms. The maximum atomic E-state index is 13.0. The molecule has 4 aromatic rings. The molecule has 0 aliphatic carbocycles. The van der Waals surface area contributed by atoms with Gasteiger partial charge >= 0.3 is 0 Å². The molecule has 0 spiro atoms. The molecule has 3 aromatic heterocycles. The van der Waals surface area contributed by atoms with Crippen LogP contribution in [0.15, 0.2) is 59.9 Å². The predicted molar refractivity (Wildman–Crippen MR) is 128 cm³/mol. The van der Waals surface area contributed by atoms with Crippen LogP contribution in [-0.4, -0.2) is 41.6 Å². The standard InChI is InChI=1S/C24H23N5O5S/c1-14-5-8-20(15(2)11-14)34-24-18(22(30)29-35(31,32)21-9-10-26-28-21)6-7-19(27-24)17-12-16(3)23(33-4)25-13-17/h5-13H,1-4H3,(H,26,28)(H,29,30). The molecule has 3 heterocycles. The molecule has 180 valence electrons. The van der Waals surface area contributed by atoms with Gasteiger partial charge in [-0.3, -0.25) is 9.89 Å². The molecule has 0 radical (unpaired) electrons. The smallest absolute Gasteiger partial charge is 0.283 e. The molecule has 0 aliphatic heterocycles. The second-order valence-corrected chi connectivity index (χ2v) is 9.45. The van der Waals surface area contributed by atoms with E-state index in [1.165, 1.54) is 25.4 Å². The van der Waals surface area contributed by atoms with E-state index in [0.717, 1.165) is 16.7 Å². The highest BCUT2D eigenvalue weighted by atomic mass is 32.2. The van der Waals surface area contributed by atoms with Gasteiger partial charge in [0, 0.05) is 23.5 Å². The average molecular weight is 494 g/mol. The number of ether oxygens (including phenoxy) is 2. The van der Waals surface area contributed by atoms with Gasteiger partial charge in [-0.05, 0) is 56.7 Å². The summed E-state index contributed by atoms with van der Waals surface area (Å²) < 4.78 is 38.3. The van der Waals surface area contributed by atoms with Crippen molar-refractivity contribution in [2.24, 2.45) is 0 Å². The summed E-state index contributed by atoms with van der Waals surface area (Å²) >= 11 is 0. The summed E-state index contributed by atoms with van der Waals surface area (Å²) in [5.74, 6) is 0.00192. The van der Waals surface area contributed by atoms with Gasteiger partial charge in [0.1, 0.15) is 11.3 Å². The number of benzene rings is 1. The predicted octanol–water partition coefficient (Wildman–Crippen LogP) is 3.71. The van der Waals surface area contributed by atoms with E-state index in [1.54, 1.807) is 18.3 Å². The monoisotopic (exact) mass is 493 g/mol. The first-order chi connectivity index (χ1) is 16.7. The summed E-state index contributed by atoms with van der Waals surface area (Å²) in [6.07, 6.45) is 2.94. The Labute approximate surface area is 202 Å². The number of nitrogens with one attached hydrogen (secondary N) is 2. The number of rotatable bonds is 7. The van der Waals surface area contributed by atoms with E-state index < -0.39 is 15.9 Å². The molecule has 0 unspecified atom stereocenters. The quantitative estimate of drug-likeness (QED) is 0.398. The molecule has 0 saturated heterocycles. The van der Waals surface area contributed by atoms with Crippen molar-refractivity contribution in [2.45, 2.75) is 25.8 Å². The Hall–Kier alpha value is -4.25. The highest BCUT2D eigenvalue weighted by molar-refractivity contribution is 7.90. The molecule has 0 saturated carbocycles. The van der Waals surface area contributed by atoms with Crippen molar-refractivity contribution in [1.82, 2.24) is 24.9 Å². The van der Waals surface area contributed by atoms with E-state index in [1.807, 2.05) is 43.7 Å². The number of hydrogen-bond acceptors (Lipinski definition) is 8. The van der Waals surface area contributed by atoms with Crippen LogP contribution >= 0.6 is 0 Å². The number of aromatic nitrogens is 4. The number of pyridine rings is 2. The first kappa shape index (κ1) is 23.9. The van der Waals surface area contributed by atoms with Gasteiger partial charge in [0.25, 0.3) is 15.9 Å². The fourth-order valence-electron chi connectivity index (χ4n) is 3.41. The fourth-order valence-corrected chi connectivity index (χ4v) is 4.29. The van der Waals surface area contributed by atoms with Crippen LogP contribution in [0.4, 0.5) is 0 Å². The van der Waals surface area contributed by atoms with Gasteiger partial charge in [0.05, 0.1) is 12.8 Å². The molecule has 0 atom stereocenters. The van der Waals surface area contributed by atoms with Crippen molar-refractivity contribution in [3.63, 3.8) is 0 Å². The van der Waals surface area contributed by atoms with Crippen molar-refractivity contribution in [3.8, 4) is 28.8 Å². The largest absolute Gasteiger partial charge is 0.481 e. The number of carbonyl (C=O) groups is 1. The topological polar surface area (TPSA) is 136 Å². The van der Waals surface area contributed by atoms with Crippen LogP contribution in [0, 0.1) is 20.8 Å². The highest BCUT2D eigenvalue weighted by Gasteiger charge is 2.24. The minimum absolute atomic E-state index is 0.0577. The molecule has 0 fully saturated rings. The van der Waals surface area contributed by atoms with Crippen LogP contribution in [0.2, 0.25) is 0 Å². The number of nitrogens with zero attached hydrogens (tertiary/aromatic N) is 3. The Morgan fingerprint density at radius 2 is 1.80 bits per heavy atom. The Morgan fingerprint density at radius 1 is 1.00 bits per heavy atom. The SMILES string of the molecule is COc1ncc(-c2ccc(C(=O)NS(=O)(=O)c3cc[nH]n3)c(Oc3ccc(C)cc3C)n2)cc1C. The summed E-state index contributed by atoms with van der Waals surface area (Å²) in [7, 11) is -2.66. The third kappa shape index (κ3) is 5.14. The summed E-state index contributed by atoms with van der Waals surface area (Å²) in [6.45, 7) is 5.67. The summed E-state index contributed by atoms with van der Waals surface area (Å²) in [5, 5.41) is 5.73. The lowest BCUT2D eigenvalue weighted by Crippen LogP contribution is -2.31. The third-order valence-corrected chi connectivity index (χ3v) is 6.37. The second kappa shape index (κ2) is 9.55. The van der Waals surface area contributed by atoms with Crippen molar-refractivity contribution >= 4 is 15.9 Å². The lowest BCUT2D eigenvalue weighted by molar-refractivity contribution is 0.0978. The molecule has 10 nitrogen and oxygen atoms in total. The van der Waals surface area contributed by atoms with Gasteiger partial charge in [-0.25, -0.2) is 14.7 Å². The number of carbonyl (C=O) groups excluding carboxylic acids is 1. The lowest BCUT2D eigenvalue weighted by Gasteiger charge is -2.14. The first-order valence-corrected chi connectivity index (χ1v) is 12.0.